The van der Waals surface area contributed by atoms with Crippen LogP contribution in [0.5, 0.6) is 0 Å². The lowest BCUT2D eigenvalue weighted by molar-refractivity contribution is -0.142. The lowest BCUT2D eigenvalue weighted by Crippen LogP contribution is -2.43. The predicted molar refractivity (Wildman–Crippen MR) is 149 cm³/mol. The first-order valence-corrected chi connectivity index (χ1v) is 12.1. The first kappa shape index (κ1) is 29.6. The highest BCUT2D eigenvalue weighted by atomic mass is 16.5. The molecule has 1 aliphatic heterocycles. The summed E-state index contributed by atoms with van der Waals surface area (Å²) in [5.41, 5.74) is 7.36. The number of carboxylic acids is 1. The van der Waals surface area contributed by atoms with Gasteiger partial charge in [-0.25, -0.2) is 9.79 Å². The number of allylic oxidation sites excluding steroid dienone is 10. The average molecular weight is 519 g/mol. The van der Waals surface area contributed by atoms with Crippen molar-refractivity contribution >= 4 is 29.8 Å². The van der Waals surface area contributed by atoms with Gasteiger partial charge in [-0.3, -0.25) is 9.59 Å². The number of nitrogens with one attached hydrogen (secondary N) is 2. The summed E-state index contributed by atoms with van der Waals surface area (Å²) >= 11 is 0. The zero-order chi connectivity index (χ0) is 27.9. The molecule has 0 bridgehead atoms. The van der Waals surface area contributed by atoms with Gasteiger partial charge in [-0.15, -0.1) is 0 Å². The summed E-state index contributed by atoms with van der Waals surface area (Å²) in [6.07, 6.45) is 23.4. The molecule has 0 saturated carbocycles. The second-order valence-corrected chi connectivity index (χ2v) is 8.55. The zero-order valence-electron chi connectivity index (χ0n) is 21.7. The Morgan fingerprint density at radius 1 is 1.13 bits per heavy atom. The molecule has 0 aromatic carbocycles. The topological polar surface area (TPSA) is 147 Å². The Balaban J connectivity index is 1.80. The first-order valence-electron chi connectivity index (χ1n) is 12.1. The van der Waals surface area contributed by atoms with E-state index in [0.717, 1.165) is 11.3 Å². The van der Waals surface area contributed by atoms with Crippen molar-refractivity contribution in [2.75, 3.05) is 0 Å². The van der Waals surface area contributed by atoms with Crippen molar-refractivity contribution in [3.8, 4) is 0 Å². The lowest BCUT2D eigenvalue weighted by atomic mass is 10.1. The molecule has 200 valence electrons. The first-order chi connectivity index (χ1) is 18.2. The van der Waals surface area contributed by atoms with E-state index in [1.165, 1.54) is 13.0 Å². The summed E-state index contributed by atoms with van der Waals surface area (Å²) < 4.78 is 5.82. The third-order valence-corrected chi connectivity index (χ3v) is 5.26. The predicted octanol–water partition coefficient (Wildman–Crippen LogP) is 3.78. The van der Waals surface area contributed by atoms with E-state index in [9.17, 15) is 14.4 Å². The van der Waals surface area contributed by atoms with Gasteiger partial charge in [-0.1, -0.05) is 66.3 Å². The number of rotatable bonds is 13. The van der Waals surface area contributed by atoms with Crippen LogP contribution in [-0.2, 0) is 19.1 Å². The van der Waals surface area contributed by atoms with Crippen molar-refractivity contribution in [2.45, 2.75) is 45.4 Å². The SMILES string of the molecule is CC(/C=C/C=C/C=C/C=C/C=C(\C)C(=O)NC(CC(N)=O)C(=O)O)=C\[C@H]1N=C(/C=C/c2ccc[nH]2)O[C@@H]1C. The van der Waals surface area contributed by atoms with Crippen LogP contribution in [0, 0.1) is 0 Å². The smallest absolute Gasteiger partial charge is 0.326 e. The molecule has 2 rings (SSSR count). The molecule has 3 atom stereocenters. The highest BCUT2D eigenvalue weighted by Crippen LogP contribution is 2.17. The Bertz CT molecular complexity index is 1210. The fraction of sp³-hybridized carbons (Fsp3) is 0.241. The van der Waals surface area contributed by atoms with Gasteiger partial charge in [0.05, 0.1) is 6.42 Å². The van der Waals surface area contributed by atoms with E-state index in [4.69, 9.17) is 15.6 Å². The summed E-state index contributed by atoms with van der Waals surface area (Å²) in [6.45, 7) is 5.54. The molecule has 0 fully saturated rings. The van der Waals surface area contributed by atoms with Gasteiger partial charge in [-0.2, -0.15) is 0 Å². The molecular weight excluding hydrogens is 484 g/mol. The molecule has 1 unspecified atom stereocenters. The van der Waals surface area contributed by atoms with Crippen LogP contribution in [0.4, 0.5) is 0 Å². The number of aromatic amines is 1. The maximum Gasteiger partial charge on any atom is 0.326 e. The van der Waals surface area contributed by atoms with Gasteiger partial charge in [0, 0.05) is 23.5 Å². The minimum Gasteiger partial charge on any atom is -0.480 e. The van der Waals surface area contributed by atoms with E-state index in [1.807, 2.05) is 74.7 Å². The maximum absolute atomic E-state index is 12.1. The number of nitrogens with two attached hydrogens (primary N) is 1. The second-order valence-electron chi connectivity index (χ2n) is 8.55. The standard InChI is InChI=1S/C29H34N4O5/c1-20(18-24-22(3)38-27(32-24)16-15-23-14-11-17-31-23)12-9-7-5-4-6-8-10-13-21(2)28(35)33-25(29(36)37)19-26(30)34/h4-18,22,24-25,31H,19H2,1-3H3,(H2,30,34)(H,33,35)(H,36,37)/b6-4+,7-5+,10-8+,12-9+,16-15+,20-18+,21-13+/t22-,24-,25?/m1/s1. The largest absolute Gasteiger partial charge is 0.480 e. The number of hydrogen-bond donors (Lipinski definition) is 4. The van der Waals surface area contributed by atoms with Crippen LogP contribution in [-0.4, -0.2) is 52.0 Å². The maximum atomic E-state index is 12.1. The number of aliphatic carboxylic acids is 1. The fourth-order valence-corrected chi connectivity index (χ4v) is 3.21. The Hall–Kier alpha value is -4.66. The third kappa shape index (κ3) is 10.9. The normalized spacial score (nSPS) is 19.6. The fourth-order valence-electron chi connectivity index (χ4n) is 3.21. The molecule has 1 aliphatic rings. The molecule has 2 amide bonds. The van der Waals surface area contributed by atoms with Crippen LogP contribution in [0.25, 0.3) is 6.08 Å². The number of aromatic nitrogens is 1. The van der Waals surface area contributed by atoms with Crippen LogP contribution in [0.3, 0.4) is 0 Å². The van der Waals surface area contributed by atoms with Crippen LogP contribution in [0.15, 0.2) is 101 Å². The third-order valence-electron chi connectivity index (χ3n) is 5.26. The Labute approximate surface area is 222 Å². The molecule has 0 aliphatic carbocycles. The van der Waals surface area contributed by atoms with Gasteiger partial charge < -0.3 is 25.9 Å². The minimum atomic E-state index is -1.36. The van der Waals surface area contributed by atoms with E-state index < -0.39 is 30.2 Å². The number of ether oxygens (including phenoxy) is 1. The van der Waals surface area contributed by atoms with Crippen LogP contribution in [0.1, 0.15) is 32.9 Å². The van der Waals surface area contributed by atoms with Crippen LogP contribution in [0.2, 0.25) is 0 Å². The number of H-pyrrole nitrogens is 1. The molecule has 1 aromatic heterocycles. The molecule has 2 heterocycles. The zero-order valence-corrected chi connectivity index (χ0v) is 21.7. The molecule has 0 spiro atoms. The van der Waals surface area contributed by atoms with Crippen molar-refractivity contribution in [1.82, 2.24) is 10.3 Å². The highest BCUT2D eigenvalue weighted by molar-refractivity contribution is 5.96. The van der Waals surface area contributed by atoms with E-state index in [-0.39, 0.29) is 12.1 Å². The molecule has 1 aromatic rings. The van der Waals surface area contributed by atoms with Crippen molar-refractivity contribution < 1.29 is 24.2 Å². The van der Waals surface area contributed by atoms with Crippen molar-refractivity contribution in [2.24, 2.45) is 10.7 Å². The minimum absolute atomic E-state index is 0.0376. The lowest BCUT2D eigenvalue weighted by Gasteiger charge is -2.12. The van der Waals surface area contributed by atoms with Crippen molar-refractivity contribution in [1.29, 1.82) is 0 Å². The monoisotopic (exact) mass is 518 g/mol. The molecular formula is C29H34N4O5. The number of hydrogen-bond acceptors (Lipinski definition) is 5. The summed E-state index contributed by atoms with van der Waals surface area (Å²) in [6, 6.07) is 2.49. The van der Waals surface area contributed by atoms with Gasteiger partial charge >= 0.3 is 5.97 Å². The van der Waals surface area contributed by atoms with Gasteiger partial charge in [0.2, 0.25) is 17.7 Å². The van der Waals surface area contributed by atoms with Gasteiger partial charge in [0.25, 0.3) is 0 Å². The quantitative estimate of drug-likeness (QED) is 0.232. The number of carbonyl (C=O) groups excluding carboxylic acids is 2. The Morgan fingerprint density at radius 2 is 1.82 bits per heavy atom. The van der Waals surface area contributed by atoms with E-state index >= 15 is 0 Å². The Morgan fingerprint density at radius 3 is 2.45 bits per heavy atom. The Kier molecular flexibility index (Phi) is 12.0. The number of carbonyl (C=O) groups is 3. The second kappa shape index (κ2) is 15.5. The van der Waals surface area contributed by atoms with Crippen molar-refractivity contribution in [3.63, 3.8) is 0 Å². The van der Waals surface area contributed by atoms with E-state index in [0.29, 0.717) is 11.5 Å². The number of primary amides is 1. The van der Waals surface area contributed by atoms with Gasteiger partial charge in [-0.05, 0) is 39.0 Å². The number of nitrogens with zero attached hydrogens (tertiary/aromatic N) is 1. The number of amides is 2. The summed E-state index contributed by atoms with van der Waals surface area (Å²) in [5, 5.41) is 11.3. The average Bonchev–Trinajstić information content (AvgIpc) is 3.50. The van der Waals surface area contributed by atoms with Crippen LogP contribution < -0.4 is 11.1 Å². The van der Waals surface area contributed by atoms with Crippen LogP contribution >= 0.6 is 0 Å². The van der Waals surface area contributed by atoms with Gasteiger partial charge in [0.1, 0.15) is 18.2 Å². The van der Waals surface area contributed by atoms with E-state index in [1.54, 1.807) is 18.2 Å². The van der Waals surface area contributed by atoms with E-state index in [2.05, 4.69) is 21.4 Å². The summed E-state index contributed by atoms with van der Waals surface area (Å²) in [5.74, 6) is -2.11. The molecule has 9 nitrogen and oxygen atoms in total. The highest BCUT2D eigenvalue weighted by Gasteiger charge is 2.24. The molecule has 9 heteroatoms. The number of carboxylic acid groups (broad SMARTS) is 1. The summed E-state index contributed by atoms with van der Waals surface area (Å²) in [7, 11) is 0. The van der Waals surface area contributed by atoms with Crippen molar-refractivity contribution in [3.05, 3.63) is 102 Å². The number of aliphatic imine (C=N–C) groups is 1. The van der Waals surface area contributed by atoms with Gasteiger partial charge in [0.15, 0.2) is 0 Å². The molecule has 38 heavy (non-hydrogen) atoms. The molecule has 0 radical (unpaired) electrons. The summed E-state index contributed by atoms with van der Waals surface area (Å²) in [4.78, 5) is 41.8. The molecule has 5 N–H and O–H groups in total. The molecule has 0 saturated heterocycles.